The first kappa shape index (κ1) is 20.9. The Labute approximate surface area is 164 Å². The highest BCUT2D eigenvalue weighted by atomic mass is 35.5. The fourth-order valence-electron chi connectivity index (χ4n) is 2.46. The van der Waals surface area contributed by atoms with Gasteiger partial charge in [-0.3, -0.25) is 9.10 Å². The molecule has 0 radical (unpaired) electrons. The van der Waals surface area contributed by atoms with Crippen molar-refractivity contribution in [3.8, 4) is 0 Å². The van der Waals surface area contributed by atoms with Gasteiger partial charge in [0.05, 0.1) is 18.2 Å². The van der Waals surface area contributed by atoms with Crippen LogP contribution in [0.3, 0.4) is 0 Å². The second kappa shape index (κ2) is 8.54. The fourth-order valence-corrected chi connectivity index (χ4v) is 3.45. The highest BCUT2D eigenvalue weighted by Gasteiger charge is 2.20. The number of hydrogen-bond acceptors (Lipinski definition) is 4. The lowest BCUT2D eigenvalue weighted by Crippen LogP contribution is -2.39. The molecule has 6 nitrogen and oxygen atoms in total. The molecular formula is C19H22ClN3O3S. The van der Waals surface area contributed by atoms with Crippen LogP contribution in [0.2, 0.25) is 5.02 Å². The lowest BCUT2D eigenvalue weighted by atomic mass is 10.00. The molecule has 0 aliphatic heterocycles. The van der Waals surface area contributed by atoms with Gasteiger partial charge >= 0.3 is 0 Å². The molecule has 0 bridgehead atoms. The van der Waals surface area contributed by atoms with Crippen LogP contribution in [0.5, 0.6) is 0 Å². The molecule has 0 heterocycles. The number of aryl methyl sites for hydroxylation is 1. The molecule has 0 unspecified atom stereocenters. The first-order valence-electron chi connectivity index (χ1n) is 8.21. The SMILES string of the molecule is Cc1ccc(/C=N\NC(=O)CN(c2ccc(Cl)cc2)S(C)(=O)=O)c(C)c1C. The van der Waals surface area contributed by atoms with E-state index in [1.165, 1.54) is 5.56 Å². The minimum Gasteiger partial charge on any atom is -0.271 e. The van der Waals surface area contributed by atoms with E-state index in [0.717, 1.165) is 27.3 Å². The number of hydrogen-bond donors (Lipinski definition) is 1. The number of benzene rings is 2. The summed E-state index contributed by atoms with van der Waals surface area (Å²) in [5.41, 5.74) is 7.03. The van der Waals surface area contributed by atoms with E-state index in [9.17, 15) is 13.2 Å². The molecule has 8 heteroatoms. The van der Waals surface area contributed by atoms with E-state index in [1.807, 2.05) is 32.9 Å². The van der Waals surface area contributed by atoms with E-state index < -0.39 is 15.9 Å². The quantitative estimate of drug-likeness (QED) is 0.590. The maximum absolute atomic E-state index is 12.2. The van der Waals surface area contributed by atoms with Crippen molar-refractivity contribution in [2.24, 2.45) is 5.10 Å². The Kier molecular flexibility index (Phi) is 6.62. The third-order valence-electron chi connectivity index (χ3n) is 4.29. The molecule has 1 amide bonds. The lowest BCUT2D eigenvalue weighted by Gasteiger charge is -2.21. The number of hydrazone groups is 1. The summed E-state index contributed by atoms with van der Waals surface area (Å²) in [4.78, 5) is 12.2. The van der Waals surface area contributed by atoms with Crippen molar-refractivity contribution in [2.75, 3.05) is 17.1 Å². The Bertz CT molecular complexity index is 970. The molecule has 0 aliphatic carbocycles. The molecule has 27 heavy (non-hydrogen) atoms. The first-order valence-corrected chi connectivity index (χ1v) is 10.4. The van der Waals surface area contributed by atoms with E-state index in [0.29, 0.717) is 10.7 Å². The summed E-state index contributed by atoms with van der Waals surface area (Å²) in [7, 11) is -3.64. The van der Waals surface area contributed by atoms with Crippen LogP contribution in [0.1, 0.15) is 22.3 Å². The van der Waals surface area contributed by atoms with Crippen LogP contribution >= 0.6 is 11.6 Å². The molecule has 2 rings (SSSR count). The van der Waals surface area contributed by atoms with Crippen LogP contribution in [0, 0.1) is 20.8 Å². The molecule has 0 saturated heterocycles. The minimum absolute atomic E-state index is 0.353. The summed E-state index contributed by atoms with van der Waals surface area (Å²) >= 11 is 5.83. The van der Waals surface area contributed by atoms with Crippen molar-refractivity contribution in [2.45, 2.75) is 20.8 Å². The molecule has 144 valence electrons. The van der Waals surface area contributed by atoms with Crippen molar-refractivity contribution in [3.63, 3.8) is 0 Å². The van der Waals surface area contributed by atoms with Crippen molar-refractivity contribution < 1.29 is 13.2 Å². The van der Waals surface area contributed by atoms with Crippen molar-refractivity contribution >= 4 is 39.4 Å². The van der Waals surface area contributed by atoms with Gasteiger partial charge < -0.3 is 0 Å². The van der Waals surface area contributed by atoms with Crippen LogP contribution in [0.4, 0.5) is 5.69 Å². The van der Waals surface area contributed by atoms with Gasteiger partial charge in [0.25, 0.3) is 5.91 Å². The topological polar surface area (TPSA) is 78.8 Å². The highest BCUT2D eigenvalue weighted by molar-refractivity contribution is 7.92. The Balaban J connectivity index is 2.10. The zero-order valence-electron chi connectivity index (χ0n) is 15.7. The summed E-state index contributed by atoms with van der Waals surface area (Å²) < 4.78 is 25.1. The Morgan fingerprint density at radius 1 is 1.11 bits per heavy atom. The Morgan fingerprint density at radius 3 is 2.33 bits per heavy atom. The number of amides is 1. The predicted molar refractivity (Wildman–Crippen MR) is 110 cm³/mol. The lowest BCUT2D eigenvalue weighted by molar-refractivity contribution is -0.119. The monoisotopic (exact) mass is 407 g/mol. The van der Waals surface area contributed by atoms with Gasteiger partial charge in [-0.15, -0.1) is 0 Å². The second-order valence-corrected chi connectivity index (χ2v) is 8.60. The van der Waals surface area contributed by atoms with Crippen LogP contribution < -0.4 is 9.73 Å². The highest BCUT2D eigenvalue weighted by Crippen LogP contribution is 2.20. The molecule has 0 aromatic heterocycles. The molecule has 1 N–H and O–H groups in total. The average Bonchev–Trinajstić information content (AvgIpc) is 2.60. The van der Waals surface area contributed by atoms with Gasteiger partial charge in [0.1, 0.15) is 6.54 Å². The van der Waals surface area contributed by atoms with Crippen LogP contribution in [-0.2, 0) is 14.8 Å². The Hall–Kier alpha value is -2.38. The molecule has 0 fully saturated rings. The number of halogens is 1. The zero-order valence-corrected chi connectivity index (χ0v) is 17.2. The maximum Gasteiger partial charge on any atom is 0.260 e. The largest absolute Gasteiger partial charge is 0.271 e. The second-order valence-electron chi connectivity index (χ2n) is 6.26. The number of nitrogens with one attached hydrogen (secondary N) is 1. The number of nitrogens with zero attached hydrogens (tertiary/aromatic N) is 2. The molecular weight excluding hydrogens is 386 g/mol. The average molecular weight is 408 g/mol. The summed E-state index contributed by atoms with van der Waals surface area (Å²) in [6, 6.07) is 10.1. The van der Waals surface area contributed by atoms with Gasteiger partial charge in [-0.2, -0.15) is 5.10 Å². The van der Waals surface area contributed by atoms with Crippen LogP contribution in [0.25, 0.3) is 0 Å². The van der Waals surface area contributed by atoms with Crippen LogP contribution in [-0.4, -0.2) is 33.3 Å². The van der Waals surface area contributed by atoms with Gasteiger partial charge in [0.2, 0.25) is 10.0 Å². The van der Waals surface area contributed by atoms with Gasteiger partial charge in [0, 0.05) is 5.02 Å². The molecule has 0 spiro atoms. The van der Waals surface area contributed by atoms with Crippen LogP contribution in [0.15, 0.2) is 41.5 Å². The molecule has 0 saturated carbocycles. The number of carbonyl (C=O) groups excluding carboxylic acids is 1. The van der Waals surface area contributed by atoms with E-state index in [-0.39, 0.29) is 6.54 Å². The van der Waals surface area contributed by atoms with Gasteiger partial charge in [-0.1, -0.05) is 23.7 Å². The fraction of sp³-hybridized carbons (Fsp3) is 0.263. The third-order valence-corrected chi connectivity index (χ3v) is 5.69. The summed E-state index contributed by atoms with van der Waals surface area (Å²) in [5, 5.41) is 4.43. The third kappa shape index (κ3) is 5.55. The summed E-state index contributed by atoms with van der Waals surface area (Å²) in [5.74, 6) is -0.548. The standard InChI is InChI=1S/C19H22ClN3O3S/c1-13-5-6-16(15(3)14(13)2)11-21-22-19(24)12-23(27(4,25)26)18-9-7-17(20)8-10-18/h5-11H,12H2,1-4H3,(H,22,24)/b21-11-. The molecule has 0 atom stereocenters. The summed E-state index contributed by atoms with van der Waals surface area (Å²) in [6.07, 6.45) is 2.59. The normalized spacial score (nSPS) is 11.6. The molecule has 2 aromatic carbocycles. The first-order chi connectivity index (χ1) is 12.6. The maximum atomic E-state index is 12.2. The molecule has 2 aromatic rings. The predicted octanol–water partition coefficient (Wildman–Crippen LogP) is 3.18. The molecule has 0 aliphatic rings. The van der Waals surface area contributed by atoms with Crippen molar-refractivity contribution in [3.05, 3.63) is 63.7 Å². The van der Waals surface area contributed by atoms with Gasteiger partial charge in [0.15, 0.2) is 0 Å². The van der Waals surface area contributed by atoms with E-state index in [2.05, 4.69) is 10.5 Å². The van der Waals surface area contributed by atoms with E-state index in [4.69, 9.17) is 11.6 Å². The smallest absolute Gasteiger partial charge is 0.260 e. The number of sulfonamides is 1. The van der Waals surface area contributed by atoms with E-state index >= 15 is 0 Å². The summed E-state index contributed by atoms with van der Waals surface area (Å²) in [6.45, 7) is 5.65. The number of anilines is 1. The van der Waals surface area contributed by atoms with E-state index in [1.54, 1.807) is 30.5 Å². The van der Waals surface area contributed by atoms with Gasteiger partial charge in [-0.25, -0.2) is 13.8 Å². The number of rotatable bonds is 6. The Morgan fingerprint density at radius 2 is 1.74 bits per heavy atom. The van der Waals surface area contributed by atoms with Crippen molar-refractivity contribution in [1.82, 2.24) is 5.43 Å². The number of carbonyl (C=O) groups is 1. The zero-order chi connectivity index (χ0) is 20.2. The van der Waals surface area contributed by atoms with Gasteiger partial charge in [-0.05, 0) is 67.3 Å². The minimum atomic E-state index is -3.64. The van der Waals surface area contributed by atoms with Crippen molar-refractivity contribution in [1.29, 1.82) is 0 Å².